The highest BCUT2D eigenvalue weighted by Gasteiger charge is 2.58. The van der Waals surface area contributed by atoms with Crippen LogP contribution in [0.25, 0.3) is 0 Å². The zero-order valence-electron chi connectivity index (χ0n) is 13.2. The van der Waals surface area contributed by atoms with Crippen molar-refractivity contribution in [2.45, 2.75) is 70.3 Å². The van der Waals surface area contributed by atoms with Crippen molar-refractivity contribution in [1.82, 2.24) is 4.90 Å². The van der Waals surface area contributed by atoms with E-state index < -0.39 is 0 Å². The molecule has 2 bridgehead atoms. The van der Waals surface area contributed by atoms with Gasteiger partial charge in [-0.05, 0) is 75.0 Å². The van der Waals surface area contributed by atoms with Gasteiger partial charge in [0.25, 0.3) is 0 Å². The van der Waals surface area contributed by atoms with Crippen molar-refractivity contribution in [2.75, 3.05) is 13.1 Å². The Morgan fingerprint density at radius 2 is 1.86 bits per heavy atom. The van der Waals surface area contributed by atoms with Crippen LogP contribution in [0.3, 0.4) is 0 Å². The second kappa shape index (κ2) is 5.26. The Bertz CT molecular complexity index is 413. The van der Waals surface area contributed by atoms with E-state index in [1.54, 1.807) is 0 Å². The summed E-state index contributed by atoms with van der Waals surface area (Å²) in [4.78, 5) is 15.0. The van der Waals surface area contributed by atoms with E-state index in [9.17, 15) is 4.79 Å². The average molecular weight is 290 g/mol. The minimum Gasteiger partial charge on any atom is -0.342 e. The first-order chi connectivity index (χ1) is 10.2. The molecule has 3 heteroatoms. The molecule has 5 atom stereocenters. The Kier molecular flexibility index (Phi) is 3.52. The van der Waals surface area contributed by atoms with Crippen molar-refractivity contribution in [2.24, 2.45) is 28.9 Å². The molecule has 4 rings (SSSR count). The van der Waals surface area contributed by atoms with Crippen LogP contribution in [0.15, 0.2) is 0 Å². The summed E-state index contributed by atoms with van der Waals surface area (Å²) < 4.78 is 0. The number of carbonyl (C=O) groups is 1. The number of nitrogens with zero attached hydrogens (tertiary/aromatic N) is 1. The molecule has 1 heterocycles. The van der Waals surface area contributed by atoms with E-state index in [-0.39, 0.29) is 5.92 Å². The average Bonchev–Trinajstić information content (AvgIpc) is 3.11. The van der Waals surface area contributed by atoms with Crippen LogP contribution in [0.5, 0.6) is 0 Å². The van der Waals surface area contributed by atoms with Gasteiger partial charge < -0.3 is 10.6 Å². The fourth-order valence-electron chi connectivity index (χ4n) is 6.20. The lowest BCUT2D eigenvalue weighted by atomic mass is 9.59. The molecule has 4 aliphatic rings. The largest absolute Gasteiger partial charge is 0.342 e. The first-order valence-corrected chi connectivity index (χ1v) is 9.25. The van der Waals surface area contributed by atoms with E-state index in [1.165, 1.54) is 51.4 Å². The van der Waals surface area contributed by atoms with E-state index >= 15 is 0 Å². The SMILES string of the molecule is N[C@H]1[C@@H]2CC[C@@H](C2)[C@]12CCCC(C(=O)N1CCCCC1)C2. The highest BCUT2D eigenvalue weighted by molar-refractivity contribution is 5.79. The summed E-state index contributed by atoms with van der Waals surface area (Å²) in [6.45, 7) is 2.00. The Balaban J connectivity index is 1.49. The lowest BCUT2D eigenvalue weighted by molar-refractivity contribution is -0.140. The molecule has 4 fully saturated rings. The molecule has 1 amide bonds. The zero-order chi connectivity index (χ0) is 14.4. The highest BCUT2D eigenvalue weighted by Crippen LogP contribution is 2.61. The Labute approximate surface area is 128 Å². The van der Waals surface area contributed by atoms with Crippen molar-refractivity contribution in [3.8, 4) is 0 Å². The number of hydrogen-bond acceptors (Lipinski definition) is 2. The molecule has 3 nitrogen and oxygen atoms in total. The summed E-state index contributed by atoms with van der Waals surface area (Å²) in [6, 6.07) is 0.383. The van der Waals surface area contributed by atoms with Gasteiger partial charge in [-0.15, -0.1) is 0 Å². The van der Waals surface area contributed by atoms with Crippen molar-refractivity contribution in [1.29, 1.82) is 0 Å². The van der Waals surface area contributed by atoms with Crippen LogP contribution >= 0.6 is 0 Å². The van der Waals surface area contributed by atoms with Crippen molar-refractivity contribution in [3.05, 3.63) is 0 Å². The van der Waals surface area contributed by atoms with Gasteiger partial charge in [-0.25, -0.2) is 0 Å². The van der Waals surface area contributed by atoms with Crippen LogP contribution in [0.2, 0.25) is 0 Å². The van der Waals surface area contributed by atoms with Crippen molar-refractivity contribution >= 4 is 5.91 Å². The summed E-state index contributed by atoms with van der Waals surface area (Å²) in [5.74, 6) is 2.33. The standard InChI is InChI=1S/C18H30N2O/c19-16-13-6-7-15(11-13)18(16)8-4-5-14(12-18)17(21)20-9-2-1-3-10-20/h13-16H,1-12,19H2/t13-,14?,15+,16+,18-/m1/s1. The number of nitrogens with two attached hydrogens (primary N) is 1. The molecule has 0 radical (unpaired) electrons. The second-order valence-electron chi connectivity index (χ2n) is 8.21. The number of piperidine rings is 1. The monoisotopic (exact) mass is 290 g/mol. The minimum atomic E-state index is 0.280. The molecule has 3 aliphatic carbocycles. The quantitative estimate of drug-likeness (QED) is 0.807. The molecule has 2 N–H and O–H groups in total. The second-order valence-corrected chi connectivity index (χ2v) is 8.21. The Morgan fingerprint density at radius 1 is 1.05 bits per heavy atom. The third-order valence-corrected chi connectivity index (χ3v) is 7.30. The summed E-state index contributed by atoms with van der Waals surface area (Å²) in [5, 5.41) is 0. The molecule has 3 saturated carbocycles. The molecule has 0 aromatic rings. The lowest BCUT2D eigenvalue weighted by Crippen LogP contribution is -2.51. The van der Waals surface area contributed by atoms with Crippen LogP contribution in [-0.2, 0) is 4.79 Å². The maximum Gasteiger partial charge on any atom is 0.225 e. The first kappa shape index (κ1) is 14.0. The van der Waals surface area contributed by atoms with Gasteiger partial charge in [0.15, 0.2) is 0 Å². The minimum absolute atomic E-state index is 0.280. The zero-order valence-corrected chi connectivity index (χ0v) is 13.2. The molecule has 0 aromatic carbocycles. The van der Waals surface area contributed by atoms with Crippen LogP contribution < -0.4 is 5.73 Å². The third kappa shape index (κ3) is 2.15. The fourth-order valence-corrected chi connectivity index (χ4v) is 6.20. The van der Waals surface area contributed by atoms with Gasteiger partial charge in [0, 0.05) is 25.0 Å². The number of hydrogen-bond donors (Lipinski definition) is 1. The van der Waals surface area contributed by atoms with Crippen molar-refractivity contribution < 1.29 is 4.79 Å². The molecule has 21 heavy (non-hydrogen) atoms. The molecule has 1 spiro atoms. The molecule has 1 aliphatic heterocycles. The topological polar surface area (TPSA) is 46.3 Å². The number of rotatable bonds is 1. The third-order valence-electron chi connectivity index (χ3n) is 7.30. The van der Waals surface area contributed by atoms with E-state index in [2.05, 4.69) is 4.90 Å². The number of amides is 1. The smallest absolute Gasteiger partial charge is 0.225 e. The van der Waals surface area contributed by atoms with Gasteiger partial charge in [0.05, 0.1) is 0 Å². The molecule has 1 saturated heterocycles. The van der Waals surface area contributed by atoms with Gasteiger partial charge in [0.1, 0.15) is 0 Å². The van der Waals surface area contributed by atoms with Gasteiger partial charge in [-0.3, -0.25) is 4.79 Å². The summed E-state index contributed by atoms with van der Waals surface area (Å²) in [7, 11) is 0. The van der Waals surface area contributed by atoms with E-state index in [0.717, 1.165) is 37.8 Å². The summed E-state index contributed by atoms with van der Waals surface area (Å²) >= 11 is 0. The normalized spacial score (nSPS) is 46.2. The fraction of sp³-hybridized carbons (Fsp3) is 0.944. The highest BCUT2D eigenvalue weighted by atomic mass is 16.2. The van der Waals surface area contributed by atoms with Crippen LogP contribution in [0, 0.1) is 23.2 Å². The van der Waals surface area contributed by atoms with Gasteiger partial charge >= 0.3 is 0 Å². The van der Waals surface area contributed by atoms with Gasteiger partial charge in [0.2, 0.25) is 5.91 Å². The number of carbonyl (C=O) groups excluding carboxylic acids is 1. The van der Waals surface area contributed by atoms with Crippen molar-refractivity contribution in [3.63, 3.8) is 0 Å². The molecule has 0 aromatic heterocycles. The molecular formula is C18H30N2O. The van der Waals surface area contributed by atoms with Gasteiger partial charge in [-0.2, -0.15) is 0 Å². The van der Waals surface area contributed by atoms with Crippen LogP contribution in [0.1, 0.15) is 64.2 Å². The maximum atomic E-state index is 12.9. The maximum absolute atomic E-state index is 12.9. The first-order valence-electron chi connectivity index (χ1n) is 9.25. The van der Waals surface area contributed by atoms with E-state index in [0.29, 0.717) is 17.4 Å². The predicted molar refractivity (Wildman–Crippen MR) is 83.6 cm³/mol. The van der Waals surface area contributed by atoms with E-state index in [1.807, 2.05) is 0 Å². The number of likely N-dealkylation sites (tertiary alicyclic amines) is 1. The van der Waals surface area contributed by atoms with Gasteiger partial charge in [-0.1, -0.05) is 6.42 Å². The molecular weight excluding hydrogens is 260 g/mol. The predicted octanol–water partition coefficient (Wildman–Crippen LogP) is 2.93. The van der Waals surface area contributed by atoms with E-state index in [4.69, 9.17) is 5.73 Å². The molecule has 118 valence electrons. The summed E-state index contributed by atoms with van der Waals surface area (Å²) in [5.41, 5.74) is 6.98. The Morgan fingerprint density at radius 3 is 2.57 bits per heavy atom. The summed E-state index contributed by atoms with van der Waals surface area (Å²) in [6.07, 6.45) is 12.5. The Hall–Kier alpha value is -0.570. The molecule has 1 unspecified atom stereocenters. The van der Waals surface area contributed by atoms with Crippen LogP contribution in [-0.4, -0.2) is 29.9 Å². The number of fused-ring (bicyclic) bond motifs is 3. The lowest BCUT2D eigenvalue weighted by Gasteiger charge is -2.48. The van der Waals surface area contributed by atoms with Crippen LogP contribution in [0.4, 0.5) is 0 Å².